The average molecular weight is 240 g/mol. The molecular formula is C15H28O2. The van der Waals surface area contributed by atoms with Crippen molar-refractivity contribution in [2.75, 3.05) is 0 Å². The van der Waals surface area contributed by atoms with Gasteiger partial charge in [0.2, 0.25) is 0 Å². The molecule has 2 fully saturated rings. The number of aliphatic hydroxyl groups is 2. The zero-order valence-electron chi connectivity index (χ0n) is 11.2. The second-order valence-corrected chi connectivity index (χ2v) is 6.41. The summed E-state index contributed by atoms with van der Waals surface area (Å²) < 4.78 is 0. The van der Waals surface area contributed by atoms with E-state index in [1.165, 1.54) is 64.2 Å². The molecule has 0 aromatic carbocycles. The standard InChI is InChI=1S/C15H28O2/c1-15(14(16)17,12-8-4-2-5-9-12)13-10-6-3-7-11-13/h12-14,16-17H,2-11H2,1H3. The Morgan fingerprint density at radius 3 is 1.41 bits per heavy atom. The van der Waals surface area contributed by atoms with Crippen LogP contribution in [-0.4, -0.2) is 16.5 Å². The normalized spacial score (nSPS) is 25.4. The highest BCUT2D eigenvalue weighted by molar-refractivity contribution is 4.92. The van der Waals surface area contributed by atoms with Gasteiger partial charge in [-0.15, -0.1) is 0 Å². The quantitative estimate of drug-likeness (QED) is 0.742. The van der Waals surface area contributed by atoms with Crippen molar-refractivity contribution in [2.24, 2.45) is 17.3 Å². The van der Waals surface area contributed by atoms with Crippen molar-refractivity contribution in [2.45, 2.75) is 77.4 Å². The van der Waals surface area contributed by atoms with Crippen LogP contribution < -0.4 is 0 Å². The third-order valence-electron chi connectivity index (χ3n) is 5.53. The summed E-state index contributed by atoms with van der Waals surface area (Å²) in [4.78, 5) is 0. The molecule has 0 aliphatic heterocycles. The second-order valence-electron chi connectivity index (χ2n) is 6.41. The minimum absolute atomic E-state index is 0.249. The first-order valence-corrected chi connectivity index (χ1v) is 7.52. The third-order valence-corrected chi connectivity index (χ3v) is 5.53. The molecule has 2 aliphatic carbocycles. The van der Waals surface area contributed by atoms with Gasteiger partial charge >= 0.3 is 0 Å². The summed E-state index contributed by atoms with van der Waals surface area (Å²) in [6.45, 7) is 2.14. The van der Waals surface area contributed by atoms with Crippen LogP contribution in [0.4, 0.5) is 0 Å². The number of hydrogen-bond donors (Lipinski definition) is 2. The molecule has 0 unspecified atom stereocenters. The first kappa shape index (κ1) is 13.4. The molecule has 0 saturated heterocycles. The van der Waals surface area contributed by atoms with Gasteiger partial charge in [-0.2, -0.15) is 0 Å². The summed E-state index contributed by atoms with van der Waals surface area (Å²) in [5.74, 6) is 1.05. The molecule has 0 amide bonds. The predicted octanol–water partition coefficient (Wildman–Crippen LogP) is 3.46. The average Bonchev–Trinajstić information content (AvgIpc) is 2.39. The fraction of sp³-hybridized carbons (Fsp3) is 1.00. The van der Waals surface area contributed by atoms with Crippen molar-refractivity contribution >= 4 is 0 Å². The van der Waals surface area contributed by atoms with Crippen molar-refractivity contribution in [3.8, 4) is 0 Å². The fourth-order valence-electron chi connectivity index (χ4n) is 4.20. The zero-order chi connectivity index (χ0) is 12.3. The molecular weight excluding hydrogens is 212 g/mol. The molecule has 2 saturated carbocycles. The van der Waals surface area contributed by atoms with Gasteiger partial charge in [-0.05, 0) is 37.5 Å². The van der Waals surface area contributed by atoms with E-state index in [0.717, 1.165) is 0 Å². The maximum Gasteiger partial charge on any atom is 0.157 e. The molecule has 17 heavy (non-hydrogen) atoms. The smallest absolute Gasteiger partial charge is 0.157 e. The second kappa shape index (κ2) is 5.71. The molecule has 0 heterocycles. The molecule has 0 radical (unpaired) electrons. The van der Waals surface area contributed by atoms with E-state index in [-0.39, 0.29) is 5.41 Å². The van der Waals surface area contributed by atoms with E-state index >= 15 is 0 Å². The third kappa shape index (κ3) is 2.68. The van der Waals surface area contributed by atoms with Gasteiger partial charge in [-0.25, -0.2) is 0 Å². The maximum absolute atomic E-state index is 9.93. The van der Waals surface area contributed by atoms with E-state index in [1.54, 1.807) is 0 Å². The van der Waals surface area contributed by atoms with E-state index in [9.17, 15) is 10.2 Å². The molecule has 2 rings (SSSR count). The Bertz CT molecular complexity index is 207. The molecule has 0 bridgehead atoms. The largest absolute Gasteiger partial charge is 0.368 e. The summed E-state index contributed by atoms with van der Waals surface area (Å²) in [6, 6.07) is 0. The van der Waals surface area contributed by atoms with Crippen LogP contribution in [0.25, 0.3) is 0 Å². The van der Waals surface area contributed by atoms with Crippen molar-refractivity contribution < 1.29 is 10.2 Å². The van der Waals surface area contributed by atoms with Crippen LogP contribution in [0, 0.1) is 17.3 Å². The minimum Gasteiger partial charge on any atom is -0.368 e. The van der Waals surface area contributed by atoms with Crippen molar-refractivity contribution in [3.63, 3.8) is 0 Å². The van der Waals surface area contributed by atoms with Crippen molar-refractivity contribution in [3.05, 3.63) is 0 Å². The molecule has 2 N–H and O–H groups in total. The van der Waals surface area contributed by atoms with E-state index in [4.69, 9.17) is 0 Å². The molecule has 2 aliphatic rings. The number of rotatable bonds is 3. The van der Waals surface area contributed by atoms with Gasteiger partial charge in [0.1, 0.15) is 0 Å². The zero-order valence-corrected chi connectivity index (χ0v) is 11.2. The predicted molar refractivity (Wildman–Crippen MR) is 69.5 cm³/mol. The Morgan fingerprint density at radius 1 is 0.765 bits per heavy atom. The highest BCUT2D eigenvalue weighted by Gasteiger charge is 2.46. The van der Waals surface area contributed by atoms with Gasteiger partial charge in [-0.1, -0.05) is 45.4 Å². The van der Waals surface area contributed by atoms with Gasteiger partial charge in [0.25, 0.3) is 0 Å². The fourth-order valence-corrected chi connectivity index (χ4v) is 4.20. The van der Waals surface area contributed by atoms with E-state index in [1.807, 2.05) is 0 Å². The molecule has 0 atom stereocenters. The van der Waals surface area contributed by atoms with Crippen LogP contribution in [-0.2, 0) is 0 Å². The highest BCUT2D eigenvalue weighted by atomic mass is 16.5. The number of hydrogen-bond acceptors (Lipinski definition) is 2. The Morgan fingerprint density at radius 2 is 1.12 bits per heavy atom. The molecule has 0 aromatic heterocycles. The van der Waals surface area contributed by atoms with E-state index in [0.29, 0.717) is 11.8 Å². The lowest BCUT2D eigenvalue weighted by Gasteiger charge is -2.48. The lowest BCUT2D eigenvalue weighted by molar-refractivity contribution is -0.184. The number of aliphatic hydroxyl groups excluding tert-OH is 1. The summed E-state index contributed by atoms with van der Waals surface area (Å²) in [5, 5.41) is 19.9. The Balaban J connectivity index is 2.11. The summed E-state index contributed by atoms with van der Waals surface area (Å²) in [7, 11) is 0. The molecule has 100 valence electrons. The topological polar surface area (TPSA) is 40.5 Å². The molecule has 2 heteroatoms. The maximum atomic E-state index is 9.93. The summed E-state index contributed by atoms with van der Waals surface area (Å²) in [6.07, 6.45) is 11.4. The Kier molecular flexibility index (Phi) is 4.48. The molecule has 0 aromatic rings. The monoisotopic (exact) mass is 240 g/mol. The SMILES string of the molecule is CC(C(O)O)(C1CCCCC1)C1CCCCC1. The van der Waals surface area contributed by atoms with Crippen LogP contribution >= 0.6 is 0 Å². The Labute approximate surface area is 105 Å². The van der Waals surface area contributed by atoms with Crippen LogP contribution in [0.3, 0.4) is 0 Å². The van der Waals surface area contributed by atoms with Gasteiger partial charge < -0.3 is 10.2 Å². The highest BCUT2D eigenvalue weighted by Crippen LogP contribution is 2.50. The summed E-state index contributed by atoms with van der Waals surface area (Å²) >= 11 is 0. The van der Waals surface area contributed by atoms with Crippen LogP contribution in [0.2, 0.25) is 0 Å². The Hall–Kier alpha value is -0.0800. The lowest BCUT2D eigenvalue weighted by Crippen LogP contribution is -2.46. The van der Waals surface area contributed by atoms with E-state index < -0.39 is 6.29 Å². The summed E-state index contributed by atoms with van der Waals surface area (Å²) in [5.41, 5.74) is -0.249. The first-order chi connectivity index (χ1) is 8.15. The van der Waals surface area contributed by atoms with Gasteiger partial charge in [0.15, 0.2) is 6.29 Å². The van der Waals surface area contributed by atoms with Crippen molar-refractivity contribution in [1.82, 2.24) is 0 Å². The van der Waals surface area contributed by atoms with Crippen molar-refractivity contribution in [1.29, 1.82) is 0 Å². The van der Waals surface area contributed by atoms with Crippen LogP contribution in [0.1, 0.15) is 71.1 Å². The first-order valence-electron chi connectivity index (χ1n) is 7.52. The van der Waals surface area contributed by atoms with E-state index in [2.05, 4.69) is 6.92 Å². The van der Waals surface area contributed by atoms with Crippen LogP contribution in [0.5, 0.6) is 0 Å². The minimum atomic E-state index is -1.13. The molecule has 0 spiro atoms. The van der Waals surface area contributed by atoms with Gasteiger partial charge in [0.05, 0.1) is 0 Å². The van der Waals surface area contributed by atoms with Crippen LogP contribution in [0.15, 0.2) is 0 Å². The molecule has 2 nitrogen and oxygen atoms in total. The van der Waals surface area contributed by atoms with Gasteiger partial charge in [0, 0.05) is 5.41 Å². The lowest BCUT2D eigenvalue weighted by atomic mass is 9.59. The van der Waals surface area contributed by atoms with Gasteiger partial charge in [-0.3, -0.25) is 0 Å².